The van der Waals surface area contributed by atoms with Crippen molar-refractivity contribution in [2.24, 2.45) is 5.41 Å². The number of hydrogen-bond donors (Lipinski definition) is 1. The van der Waals surface area contributed by atoms with E-state index in [-0.39, 0.29) is 0 Å². The van der Waals surface area contributed by atoms with Gasteiger partial charge in [-0.3, -0.25) is 0 Å². The van der Waals surface area contributed by atoms with Crippen molar-refractivity contribution in [1.29, 1.82) is 0 Å². The number of nitrogens with one attached hydrogen (secondary N) is 1. The van der Waals surface area contributed by atoms with Crippen molar-refractivity contribution in [3.63, 3.8) is 0 Å². The average molecular weight is 135 g/mol. The van der Waals surface area contributed by atoms with Crippen LogP contribution in [0.25, 0.3) is 0 Å². The second kappa shape index (κ2) is 2.15. The number of allylic oxidation sites excluding steroid dienone is 2. The molecule has 0 unspecified atom stereocenters. The molecule has 0 aromatic rings. The standard InChI is InChI=1S/C9H13N/c1-2-4-9(3-1)5-7-10-8-6-9/h5-8,10H,1-4H2. The Morgan fingerprint density at radius 2 is 1.60 bits per heavy atom. The van der Waals surface area contributed by atoms with E-state index in [1.165, 1.54) is 25.7 Å². The monoisotopic (exact) mass is 135 g/mol. The third kappa shape index (κ3) is 0.859. The van der Waals surface area contributed by atoms with E-state index in [1.807, 2.05) is 0 Å². The zero-order chi connectivity index (χ0) is 6.86. The first-order chi connectivity index (χ1) is 4.91. The average Bonchev–Trinajstić information content (AvgIpc) is 2.39. The SMILES string of the molecule is C1=CC2(C=CN1)CCCC2. The third-order valence-electron chi connectivity index (χ3n) is 2.56. The van der Waals surface area contributed by atoms with Gasteiger partial charge in [-0.2, -0.15) is 0 Å². The highest BCUT2D eigenvalue weighted by Crippen LogP contribution is 2.41. The molecule has 1 aliphatic carbocycles. The van der Waals surface area contributed by atoms with Gasteiger partial charge in [-0.15, -0.1) is 0 Å². The summed E-state index contributed by atoms with van der Waals surface area (Å²) in [7, 11) is 0. The molecule has 10 heavy (non-hydrogen) atoms. The molecule has 2 rings (SSSR count). The topological polar surface area (TPSA) is 12.0 Å². The minimum atomic E-state index is 0.450. The minimum Gasteiger partial charge on any atom is -0.368 e. The van der Waals surface area contributed by atoms with E-state index in [2.05, 4.69) is 29.9 Å². The van der Waals surface area contributed by atoms with E-state index < -0.39 is 0 Å². The van der Waals surface area contributed by atoms with Crippen molar-refractivity contribution in [2.75, 3.05) is 0 Å². The Morgan fingerprint density at radius 1 is 1.00 bits per heavy atom. The van der Waals surface area contributed by atoms with Crippen LogP contribution in [0.1, 0.15) is 25.7 Å². The summed E-state index contributed by atoms with van der Waals surface area (Å²) in [5, 5.41) is 3.07. The van der Waals surface area contributed by atoms with Gasteiger partial charge < -0.3 is 5.32 Å². The molecular formula is C9H13N. The van der Waals surface area contributed by atoms with E-state index in [4.69, 9.17) is 0 Å². The van der Waals surface area contributed by atoms with Crippen LogP contribution < -0.4 is 5.32 Å². The predicted molar refractivity (Wildman–Crippen MR) is 42.3 cm³/mol. The molecular weight excluding hydrogens is 122 g/mol. The van der Waals surface area contributed by atoms with Crippen molar-refractivity contribution >= 4 is 0 Å². The Kier molecular flexibility index (Phi) is 1.30. The van der Waals surface area contributed by atoms with Gasteiger partial charge in [0.25, 0.3) is 0 Å². The lowest BCUT2D eigenvalue weighted by atomic mass is 9.85. The van der Waals surface area contributed by atoms with Crippen LogP contribution >= 0.6 is 0 Å². The lowest BCUT2D eigenvalue weighted by Crippen LogP contribution is -2.15. The van der Waals surface area contributed by atoms with Crippen molar-refractivity contribution in [2.45, 2.75) is 25.7 Å². The molecule has 1 fully saturated rings. The van der Waals surface area contributed by atoms with Gasteiger partial charge in [-0.05, 0) is 25.2 Å². The molecule has 1 heterocycles. The first kappa shape index (κ1) is 6.02. The van der Waals surface area contributed by atoms with Crippen LogP contribution in [0.2, 0.25) is 0 Å². The zero-order valence-electron chi connectivity index (χ0n) is 6.14. The van der Waals surface area contributed by atoms with Crippen LogP contribution in [0.3, 0.4) is 0 Å². The highest BCUT2D eigenvalue weighted by molar-refractivity contribution is 5.17. The Labute approximate surface area is 61.8 Å². The van der Waals surface area contributed by atoms with Gasteiger partial charge in [-0.25, -0.2) is 0 Å². The van der Waals surface area contributed by atoms with Crippen LogP contribution in [0.15, 0.2) is 24.6 Å². The second-order valence-electron chi connectivity index (χ2n) is 3.27. The first-order valence-corrected chi connectivity index (χ1v) is 4.03. The van der Waals surface area contributed by atoms with Gasteiger partial charge in [0.15, 0.2) is 0 Å². The van der Waals surface area contributed by atoms with E-state index in [9.17, 15) is 0 Å². The maximum absolute atomic E-state index is 3.07. The van der Waals surface area contributed by atoms with Crippen molar-refractivity contribution in [1.82, 2.24) is 5.32 Å². The summed E-state index contributed by atoms with van der Waals surface area (Å²) in [6.07, 6.45) is 14.2. The molecule has 2 aliphatic rings. The van der Waals surface area contributed by atoms with Gasteiger partial charge in [0.1, 0.15) is 0 Å². The molecule has 1 spiro atoms. The quantitative estimate of drug-likeness (QED) is 0.536. The molecule has 54 valence electrons. The number of rotatable bonds is 0. The minimum absolute atomic E-state index is 0.450. The molecule has 1 aliphatic heterocycles. The lowest BCUT2D eigenvalue weighted by Gasteiger charge is -2.22. The molecule has 0 aromatic carbocycles. The molecule has 1 N–H and O–H groups in total. The summed E-state index contributed by atoms with van der Waals surface area (Å²) in [4.78, 5) is 0. The van der Waals surface area contributed by atoms with Crippen LogP contribution in [0.5, 0.6) is 0 Å². The second-order valence-corrected chi connectivity index (χ2v) is 3.27. The highest BCUT2D eigenvalue weighted by atomic mass is 14.8. The summed E-state index contributed by atoms with van der Waals surface area (Å²) in [5.41, 5.74) is 0.450. The molecule has 1 nitrogen and oxygen atoms in total. The highest BCUT2D eigenvalue weighted by Gasteiger charge is 2.28. The molecule has 0 bridgehead atoms. The summed E-state index contributed by atoms with van der Waals surface area (Å²) >= 11 is 0. The van der Waals surface area contributed by atoms with Crippen molar-refractivity contribution in [3.05, 3.63) is 24.6 Å². The predicted octanol–water partition coefficient (Wildman–Crippen LogP) is 2.18. The van der Waals surface area contributed by atoms with Crippen LogP contribution in [0, 0.1) is 5.41 Å². The normalized spacial score (nSPS) is 27.2. The fourth-order valence-electron chi connectivity index (χ4n) is 1.91. The number of dihydropyridines is 1. The molecule has 0 atom stereocenters. The van der Waals surface area contributed by atoms with E-state index in [1.54, 1.807) is 0 Å². The summed E-state index contributed by atoms with van der Waals surface area (Å²) in [5.74, 6) is 0. The molecule has 1 heteroatoms. The van der Waals surface area contributed by atoms with Gasteiger partial charge in [-0.1, -0.05) is 25.0 Å². The molecule has 0 amide bonds. The van der Waals surface area contributed by atoms with E-state index >= 15 is 0 Å². The van der Waals surface area contributed by atoms with Crippen LogP contribution in [-0.4, -0.2) is 0 Å². The Balaban J connectivity index is 2.19. The van der Waals surface area contributed by atoms with Gasteiger partial charge in [0.05, 0.1) is 0 Å². The number of hydrogen-bond acceptors (Lipinski definition) is 1. The lowest BCUT2D eigenvalue weighted by molar-refractivity contribution is 0.504. The Morgan fingerprint density at radius 3 is 2.20 bits per heavy atom. The summed E-state index contributed by atoms with van der Waals surface area (Å²) < 4.78 is 0. The zero-order valence-corrected chi connectivity index (χ0v) is 6.14. The van der Waals surface area contributed by atoms with Crippen molar-refractivity contribution < 1.29 is 0 Å². The van der Waals surface area contributed by atoms with Crippen molar-refractivity contribution in [3.8, 4) is 0 Å². The first-order valence-electron chi connectivity index (χ1n) is 4.03. The van der Waals surface area contributed by atoms with Gasteiger partial charge in [0, 0.05) is 5.41 Å². The fraction of sp³-hybridized carbons (Fsp3) is 0.556. The van der Waals surface area contributed by atoms with Crippen LogP contribution in [0.4, 0.5) is 0 Å². The van der Waals surface area contributed by atoms with Crippen LogP contribution in [-0.2, 0) is 0 Å². The molecule has 0 saturated heterocycles. The Bertz CT molecular complexity index is 159. The maximum atomic E-state index is 3.07. The third-order valence-corrected chi connectivity index (χ3v) is 2.56. The fourth-order valence-corrected chi connectivity index (χ4v) is 1.91. The Hall–Kier alpha value is -0.720. The maximum Gasteiger partial charge on any atom is 0.00955 e. The molecule has 0 radical (unpaired) electrons. The molecule has 1 saturated carbocycles. The smallest absolute Gasteiger partial charge is 0.00955 e. The summed E-state index contributed by atoms with van der Waals surface area (Å²) in [6, 6.07) is 0. The van der Waals surface area contributed by atoms with Gasteiger partial charge in [0.2, 0.25) is 0 Å². The van der Waals surface area contributed by atoms with E-state index in [0.717, 1.165) is 0 Å². The largest absolute Gasteiger partial charge is 0.368 e. The van der Waals surface area contributed by atoms with Gasteiger partial charge >= 0.3 is 0 Å². The van der Waals surface area contributed by atoms with E-state index in [0.29, 0.717) is 5.41 Å². The summed E-state index contributed by atoms with van der Waals surface area (Å²) in [6.45, 7) is 0. The molecule has 0 aromatic heterocycles.